The molecule has 0 amide bonds. The third-order valence-corrected chi connectivity index (χ3v) is 1.32. The van der Waals surface area contributed by atoms with E-state index in [1.807, 2.05) is 13.8 Å². The van der Waals surface area contributed by atoms with Crippen molar-refractivity contribution in [2.24, 2.45) is 9.98 Å². The Kier molecular flexibility index (Phi) is 4.85. The van der Waals surface area contributed by atoms with Gasteiger partial charge in [0.25, 0.3) is 0 Å². The molecule has 0 radical (unpaired) electrons. The van der Waals surface area contributed by atoms with Crippen molar-refractivity contribution in [1.29, 1.82) is 0 Å². The normalized spacial score (nSPS) is 13.5. The van der Waals surface area contributed by atoms with E-state index in [1.165, 1.54) is 0 Å². The lowest BCUT2D eigenvalue weighted by Crippen LogP contribution is -1.89. The van der Waals surface area contributed by atoms with Gasteiger partial charge in [0.05, 0.1) is 0 Å². The van der Waals surface area contributed by atoms with Gasteiger partial charge in [0.1, 0.15) is 5.17 Å². The second-order valence-corrected chi connectivity index (χ2v) is 2.12. The molecule has 0 aromatic carbocycles. The maximum Gasteiger partial charge on any atom is 0.128 e. The van der Waals surface area contributed by atoms with Crippen LogP contribution in [0.25, 0.3) is 0 Å². The fourth-order valence-corrected chi connectivity index (χ4v) is 0.622. The Hall–Kier alpha value is -0.630. The van der Waals surface area contributed by atoms with E-state index in [0.29, 0.717) is 11.7 Å². The zero-order valence-corrected chi connectivity index (χ0v) is 7.02. The molecule has 0 atom stereocenters. The molecule has 10 heavy (non-hydrogen) atoms. The van der Waals surface area contributed by atoms with Gasteiger partial charge in [-0.15, -0.1) is 0 Å². The molecular formula is C7H11ClN2. The van der Waals surface area contributed by atoms with Gasteiger partial charge in [-0.25, -0.2) is 0 Å². The topological polar surface area (TPSA) is 24.7 Å². The molecule has 0 rings (SSSR count). The van der Waals surface area contributed by atoms with Crippen LogP contribution in [-0.2, 0) is 0 Å². The molecule has 0 aromatic rings. The van der Waals surface area contributed by atoms with E-state index < -0.39 is 0 Å². The highest BCUT2D eigenvalue weighted by Crippen LogP contribution is 2.01. The Labute approximate surface area is 66.3 Å². The second kappa shape index (κ2) is 5.18. The summed E-state index contributed by atoms with van der Waals surface area (Å²) in [6.45, 7) is 7.77. The summed E-state index contributed by atoms with van der Waals surface area (Å²) in [4.78, 5) is 7.53. The lowest BCUT2D eigenvalue weighted by Gasteiger charge is -1.93. The van der Waals surface area contributed by atoms with Crippen LogP contribution < -0.4 is 0 Å². The van der Waals surface area contributed by atoms with Crippen molar-refractivity contribution in [1.82, 2.24) is 0 Å². The molecule has 0 bridgehead atoms. The fraction of sp³-hybridized carbons (Fsp3) is 0.429. The van der Waals surface area contributed by atoms with Crippen LogP contribution in [0.3, 0.4) is 0 Å². The van der Waals surface area contributed by atoms with Gasteiger partial charge >= 0.3 is 0 Å². The molecule has 0 fully saturated rings. The summed E-state index contributed by atoms with van der Waals surface area (Å²) in [6, 6.07) is 0. The number of allylic oxidation sites excluding steroid dienone is 1. The Morgan fingerprint density at radius 1 is 1.70 bits per heavy atom. The Balaban J connectivity index is 4.19. The first-order valence-electron chi connectivity index (χ1n) is 3.05. The molecule has 0 saturated carbocycles. The van der Waals surface area contributed by atoms with E-state index in [4.69, 9.17) is 11.6 Å². The van der Waals surface area contributed by atoms with Gasteiger partial charge in [0.2, 0.25) is 0 Å². The minimum absolute atomic E-state index is 0.509. The second-order valence-electron chi connectivity index (χ2n) is 1.76. The van der Waals surface area contributed by atoms with Crippen LogP contribution in [0.15, 0.2) is 21.8 Å². The van der Waals surface area contributed by atoms with Crippen molar-refractivity contribution in [3.63, 3.8) is 0 Å². The predicted octanol–water partition coefficient (Wildman–Crippen LogP) is 2.25. The minimum atomic E-state index is 0.509. The molecule has 0 unspecified atom stereocenters. The van der Waals surface area contributed by atoms with E-state index in [-0.39, 0.29) is 0 Å². The number of rotatable bonds is 3. The van der Waals surface area contributed by atoms with Crippen molar-refractivity contribution in [3.05, 3.63) is 11.8 Å². The minimum Gasteiger partial charge on any atom is -0.273 e. The van der Waals surface area contributed by atoms with Crippen molar-refractivity contribution < 1.29 is 0 Å². The van der Waals surface area contributed by atoms with Gasteiger partial charge in [-0.05, 0) is 20.6 Å². The molecular weight excluding hydrogens is 148 g/mol. The number of nitrogens with zero attached hydrogens (tertiary/aromatic N) is 2. The Morgan fingerprint density at radius 2 is 2.30 bits per heavy atom. The maximum atomic E-state index is 5.70. The average Bonchev–Trinajstić information content (AvgIpc) is 1.89. The van der Waals surface area contributed by atoms with E-state index in [0.717, 1.165) is 5.57 Å². The van der Waals surface area contributed by atoms with Gasteiger partial charge in [-0.1, -0.05) is 11.6 Å². The summed E-state index contributed by atoms with van der Waals surface area (Å²) in [5.41, 5.74) is 0.846. The van der Waals surface area contributed by atoms with Crippen LogP contribution in [0.4, 0.5) is 0 Å². The molecule has 56 valence electrons. The lowest BCUT2D eigenvalue weighted by atomic mass is 10.3. The molecule has 2 nitrogen and oxygen atoms in total. The van der Waals surface area contributed by atoms with E-state index in [1.54, 1.807) is 6.20 Å². The predicted molar refractivity (Wildman–Crippen MR) is 47.1 cm³/mol. The van der Waals surface area contributed by atoms with E-state index >= 15 is 0 Å². The van der Waals surface area contributed by atoms with Crippen LogP contribution in [0.5, 0.6) is 0 Å². The van der Waals surface area contributed by atoms with Crippen LogP contribution >= 0.6 is 11.6 Å². The van der Waals surface area contributed by atoms with Gasteiger partial charge in [-0.2, -0.15) is 0 Å². The molecule has 0 heterocycles. The quantitative estimate of drug-likeness (QED) is 0.563. The summed E-state index contributed by atoms with van der Waals surface area (Å²) >= 11 is 5.70. The number of hydrogen-bond acceptors (Lipinski definition) is 2. The third kappa shape index (κ3) is 3.41. The van der Waals surface area contributed by atoms with Gasteiger partial charge in [0, 0.05) is 18.3 Å². The number of aliphatic imine (C=N–C) groups is 2. The van der Waals surface area contributed by atoms with Crippen molar-refractivity contribution in [2.75, 3.05) is 6.54 Å². The number of halogens is 1. The summed E-state index contributed by atoms with van der Waals surface area (Å²) in [6.07, 6.45) is 1.58. The Morgan fingerprint density at radius 3 is 2.70 bits per heavy atom. The first kappa shape index (κ1) is 9.37. The average molecular weight is 159 g/mol. The molecule has 0 N–H and O–H groups in total. The van der Waals surface area contributed by atoms with Crippen molar-refractivity contribution >= 4 is 23.5 Å². The molecule has 0 aliphatic carbocycles. The summed E-state index contributed by atoms with van der Waals surface area (Å²) < 4.78 is 0. The van der Waals surface area contributed by atoms with Crippen LogP contribution in [-0.4, -0.2) is 18.4 Å². The first-order valence-corrected chi connectivity index (χ1v) is 3.43. The third-order valence-electron chi connectivity index (χ3n) is 0.907. The van der Waals surface area contributed by atoms with Gasteiger partial charge < -0.3 is 0 Å². The molecule has 0 spiro atoms. The smallest absolute Gasteiger partial charge is 0.128 e. The zero-order valence-electron chi connectivity index (χ0n) is 6.26. The first-order chi connectivity index (χ1) is 4.72. The molecule has 3 heteroatoms. The number of hydrogen-bond donors (Lipinski definition) is 0. The molecule has 0 aromatic heterocycles. The van der Waals surface area contributed by atoms with E-state index in [9.17, 15) is 0 Å². The summed E-state index contributed by atoms with van der Waals surface area (Å²) in [5.74, 6) is 0. The SMILES string of the molecule is C=N/C=C(/C)C(Cl)=NCC. The largest absolute Gasteiger partial charge is 0.273 e. The highest BCUT2D eigenvalue weighted by molar-refractivity contribution is 6.69. The van der Waals surface area contributed by atoms with Crippen LogP contribution in [0, 0.1) is 0 Å². The zero-order chi connectivity index (χ0) is 7.98. The van der Waals surface area contributed by atoms with Crippen LogP contribution in [0.1, 0.15) is 13.8 Å². The van der Waals surface area contributed by atoms with Gasteiger partial charge in [0.15, 0.2) is 0 Å². The fourth-order valence-electron chi connectivity index (χ4n) is 0.454. The van der Waals surface area contributed by atoms with Gasteiger partial charge in [-0.3, -0.25) is 9.98 Å². The molecule has 0 aliphatic rings. The molecule has 0 saturated heterocycles. The lowest BCUT2D eigenvalue weighted by molar-refractivity contribution is 1.13. The standard InChI is InChI=1S/C7H11ClN2/c1-4-10-7(8)6(2)5-9-3/h5H,3-4H2,1-2H3/b6-5-,10-7?. The monoisotopic (exact) mass is 158 g/mol. The maximum absolute atomic E-state index is 5.70. The highest BCUT2D eigenvalue weighted by atomic mass is 35.5. The van der Waals surface area contributed by atoms with E-state index in [2.05, 4.69) is 16.7 Å². The van der Waals surface area contributed by atoms with Crippen LogP contribution in [0.2, 0.25) is 0 Å². The van der Waals surface area contributed by atoms with Crippen molar-refractivity contribution in [3.8, 4) is 0 Å². The summed E-state index contributed by atoms with van der Waals surface area (Å²) in [7, 11) is 0. The van der Waals surface area contributed by atoms with Crippen molar-refractivity contribution in [2.45, 2.75) is 13.8 Å². The molecule has 0 aliphatic heterocycles. The highest BCUT2D eigenvalue weighted by Gasteiger charge is 1.93. The summed E-state index contributed by atoms with van der Waals surface area (Å²) in [5, 5.41) is 0.509. The Bertz CT molecular complexity index is 170.